The third-order valence-electron chi connectivity index (χ3n) is 2.05. The Bertz CT molecular complexity index is 301. The number of aryl methyl sites for hydroxylation is 1. The van der Waals surface area contributed by atoms with Gasteiger partial charge in [-0.1, -0.05) is 43.7 Å². The molecule has 0 aliphatic rings. The normalized spacial score (nSPS) is 9.71. The molecule has 0 amide bonds. The van der Waals surface area contributed by atoms with Crippen molar-refractivity contribution >= 4 is 0 Å². The van der Waals surface area contributed by atoms with Crippen LogP contribution in [0.15, 0.2) is 24.3 Å². The van der Waals surface area contributed by atoms with Crippen LogP contribution in [-0.4, -0.2) is 0 Å². The number of nitriles is 1. The smallest absolute Gasteiger partial charge is 0.0766 e. The van der Waals surface area contributed by atoms with Gasteiger partial charge in [0.2, 0.25) is 0 Å². The Labute approximate surface area is 87.4 Å². The van der Waals surface area contributed by atoms with E-state index in [1.807, 2.05) is 58.9 Å². The highest BCUT2D eigenvalue weighted by atomic mass is 14.3. The van der Waals surface area contributed by atoms with Gasteiger partial charge in [-0.05, 0) is 26.3 Å². The van der Waals surface area contributed by atoms with Crippen LogP contribution < -0.4 is 0 Å². The molecule has 0 heterocycles. The molecular weight excluding hydrogens is 170 g/mol. The minimum Gasteiger partial charge on any atom is -0.197 e. The summed E-state index contributed by atoms with van der Waals surface area (Å²) in [5.41, 5.74) is 1.94. The van der Waals surface area contributed by atoms with Crippen LogP contribution in [0, 0.1) is 18.3 Å². The predicted octanol–water partition coefficient (Wildman–Crippen LogP) is 3.82. The Kier molecular flexibility index (Phi) is 4.94. The van der Waals surface area contributed by atoms with E-state index < -0.39 is 0 Å². The third-order valence-corrected chi connectivity index (χ3v) is 2.05. The van der Waals surface area contributed by atoms with Crippen molar-refractivity contribution in [3.05, 3.63) is 35.4 Å². The van der Waals surface area contributed by atoms with Crippen LogP contribution in [0.4, 0.5) is 0 Å². The van der Waals surface area contributed by atoms with Gasteiger partial charge in [0, 0.05) is 0 Å². The standard InChI is InChI=1S/C11H13N.C2H6/c1-9-4-6-10(7-5-9)11(2,3)8-12;1-2/h4-7H,1-3H3;1-2H3. The van der Waals surface area contributed by atoms with E-state index in [0.29, 0.717) is 0 Å². The molecule has 0 aliphatic carbocycles. The molecule has 0 bridgehead atoms. The quantitative estimate of drug-likeness (QED) is 0.658. The Balaban J connectivity index is 0.000000791. The van der Waals surface area contributed by atoms with Crippen molar-refractivity contribution in [2.75, 3.05) is 0 Å². The van der Waals surface area contributed by atoms with Gasteiger partial charge in [-0.2, -0.15) is 5.26 Å². The van der Waals surface area contributed by atoms with Crippen molar-refractivity contribution in [1.82, 2.24) is 0 Å². The Hall–Kier alpha value is -1.29. The van der Waals surface area contributed by atoms with Crippen LogP contribution in [0.1, 0.15) is 38.8 Å². The zero-order chi connectivity index (χ0) is 11.2. The minimum atomic E-state index is -0.367. The first kappa shape index (κ1) is 12.7. The van der Waals surface area contributed by atoms with Crippen LogP contribution in [0.5, 0.6) is 0 Å². The van der Waals surface area contributed by atoms with Crippen LogP contribution in [-0.2, 0) is 5.41 Å². The highest BCUT2D eigenvalue weighted by molar-refractivity contribution is 5.32. The molecule has 1 rings (SSSR count). The molecule has 0 unspecified atom stereocenters. The monoisotopic (exact) mass is 189 g/mol. The van der Waals surface area contributed by atoms with Crippen molar-refractivity contribution in [3.8, 4) is 6.07 Å². The molecule has 0 saturated carbocycles. The van der Waals surface area contributed by atoms with Crippen molar-refractivity contribution in [2.45, 2.75) is 40.0 Å². The summed E-state index contributed by atoms with van der Waals surface area (Å²) in [6.45, 7) is 9.90. The fourth-order valence-electron chi connectivity index (χ4n) is 1.03. The molecule has 0 saturated heterocycles. The van der Waals surface area contributed by atoms with E-state index in [4.69, 9.17) is 5.26 Å². The Morgan fingerprint density at radius 1 is 1.07 bits per heavy atom. The second-order valence-corrected chi connectivity index (χ2v) is 3.60. The van der Waals surface area contributed by atoms with Gasteiger partial charge in [-0.15, -0.1) is 0 Å². The summed E-state index contributed by atoms with van der Waals surface area (Å²) in [5, 5.41) is 8.87. The lowest BCUT2D eigenvalue weighted by Crippen LogP contribution is -2.13. The van der Waals surface area contributed by atoms with Crippen LogP contribution in [0.25, 0.3) is 0 Å². The summed E-state index contributed by atoms with van der Waals surface area (Å²) in [7, 11) is 0. The molecule has 0 fully saturated rings. The predicted molar refractivity (Wildman–Crippen MR) is 61.2 cm³/mol. The lowest BCUT2D eigenvalue weighted by molar-refractivity contribution is 0.686. The molecule has 0 atom stereocenters. The molecule has 0 aliphatic heterocycles. The summed E-state index contributed by atoms with van der Waals surface area (Å²) >= 11 is 0. The highest BCUT2D eigenvalue weighted by Gasteiger charge is 2.18. The van der Waals surface area contributed by atoms with Crippen molar-refractivity contribution < 1.29 is 0 Å². The summed E-state index contributed by atoms with van der Waals surface area (Å²) in [6, 6.07) is 10.4. The number of hydrogen-bond acceptors (Lipinski definition) is 1. The first-order chi connectivity index (χ1) is 6.56. The van der Waals surface area contributed by atoms with Crippen LogP contribution >= 0.6 is 0 Å². The second-order valence-electron chi connectivity index (χ2n) is 3.60. The number of rotatable bonds is 1. The molecule has 0 spiro atoms. The van der Waals surface area contributed by atoms with E-state index in [9.17, 15) is 0 Å². The molecule has 1 heteroatoms. The van der Waals surface area contributed by atoms with E-state index in [0.717, 1.165) is 5.56 Å². The van der Waals surface area contributed by atoms with E-state index in [-0.39, 0.29) is 5.41 Å². The lowest BCUT2D eigenvalue weighted by Gasteiger charge is -2.15. The van der Waals surface area contributed by atoms with Crippen LogP contribution in [0.3, 0.4) is 0 Å². The van der Waals surface area contributed by atoms with Crippen molar-refractivity contribution in [3.63, 3.8) is 0 Å². The second kappa shape index (κ2) is 5.44. The molecule has 76 valence electrons. The van der Waals surface area contributed by atoms with Gasteiger partial charge in [-0.3, -0.25) is 0 Å². The fourth-order valence-corrected chi connectivity index (χ4v) is 1.03. The van der Waals surface area contributed by atoms with Crippen molar-refractivity contribution in [1.29, 1.82) is 5.26 Å². The maximum atomic E-state index is 8.87. The summed E-state index contributed by atoms with van der Waals surface area (Å²) in [6.07, 6.45) is 0. The van der Waals surface area contributed by atoms with Gasteiger partial charge in [0.25, 0.3) is 0 Å². The highest BCUT2D eigenvalue weighted by Crippen LogP contribution is 2.21. The van der Waals surface area contributed by atoms with Crippen LogP contribution in [0.2, 0.25) is 0 Å². The fraction of sp³-hybridized carbons (Fsp3) is 0.462. The van der Waals surface area contributed by atoms with Gasteiger partial charge in [0.05, 0.1) is 11.5 Å². The van der Waals surface area contributed by atoms with E-state index >= 15 is 0 Å². The molecular formula is C13H19N. The topological polar surface area (TPSA) is 23.8 Å². The molecule has 1 aromatic carbocycles. The zero-order valence-corrected chi connectivity index (χ0v) is 9.76. The molecule has 0 radical (unpaired) electrons. The molecule has 0 aromatic heterocycles. The van der Waals surface area contributed by atoms with Gasteiger partial charge in [0.1, 0.15) is 0 Å². The first-order valence-corrected chi connectivity index (χ1v) is 5.04. The zero-order valence-electron chi connectivity index (χ0n) is 9.76. The lowest BCUT2D eigenvalue weighted by atomic mass is 9.86. The van der Waals surface area contributed by atoms with E-state index in [2.05, 4.69) is 6.07 Å². The van der Waals surface area contributed by atoms with Gasteiger partial charge in [-0.25, -0.2) is 0 Å². The largest absolute Gasteiger partial charge is 0.197 e. The number of hydrogen-bond donors (Lipinski definition) is 0. The molecule has 1 nitrogen and oxygen atoms in total. The molecule has 1 aromatic rings. The summed E-state index contributed by atoms with van der Waals surface area (Å²) in [5.74, 6) is 0. The van der Waals surface area contributed by atoms with E-state index in [1.165, 1.54) is 5.56 Å². The summed E-state index contributed by atoms with van der Waals surface area (Å²) < 4.78 is 0. The van der Waals surface area contributed by atoms with Gasteiger partial charge >= 0.3 is 0 Å². The number of benzene rings is 1. The maximum Gasteiger partial charge on any atom is 0.0766 e. The SMILES string of the molecule is CC.Cc1ccc(C(C)(C)C#N)cc1. The third kappa shape index (κ3) is 3.22. The summed E-state index contributed by atoms with van der Waals surface area (Å²) in [4.78, 5) is 0. The average Bonchev–Trinajstić information content (AvgIpc) is 2.21. The Morgan fingerprint density at radius 3 is 1.86 bits per heavy atom. The van der Waals surface area contributed by atoms with Crippen molar-refractivity contribution in [2.24, 2.45) is 0 Å². The molecule has 0 N–H and O–H groups in total. The molecule has 14 heavy (non-hydrogen) atoms. The van der Waals surface area contributed by atoms with Gasteiger partial charge in [0.15, 0.2) is 0 Å². The van der Waals surface area contributed by atoms with E-state index in [1.54, 1.807) is 0 Å². The first-order valence-electron chi connectivity index (χ1n) is 5.04. The Morgan fingerprint density at radius 2 is 1.50 bits per heavy atom. The maximum absolute atomic E-state index is 8.87. The van der Waals surface area contributed by atoms with Gasteiger partial charge < -0.3 is 0 Å². The number of nitrogens with zero attached hydrogens (tertiary/aromatic N) is 1. The average molecular weight is 189 g/mol. The minimum absolute atomic E-state index is 0.367.